The quantitative estimate of drug-likeness (QED) is 0.881. The van der Waals surface area contributed by atoms with E-state index in [4.69, 9.17) is 9.84 Å². The van der Waals surface area contributed by atoms with Crippen LogP contribution in [0, 0.1) is 0 Å². The monoisotopic (exact) mass is 316 g/mol. The van der Waals surface area contributed by atoms with Crippen LogP contribution in [0.15, 0.2) is 30.5 Å². The van der Waals surface area contributed by atoms with Crippen LogP contribution in [-0.2, 0) is 20.7 Å². The third-order valence-electron chi connectivity index (χ3n) is 4.21. The van der Waals surface area contributed by atoms with Gasteiger partial charge in [0.1, 0.15) is 0 Å². The van der Waals surface area contributed by atoms with E-state index in [-0.39, 0.29) is 19.1 Å². The Labute approximate surface area is 134 Å². The Hall–Kier alpha value is -2.34. The molecule has 6 nitrogen and oxygen atoms in total. The highest BCUT2D eigenvalue weighted by Crippen LogP contribution is 2.19. The molecule has 23 heavy (non-hydrogen) atoms. The zero-order valence-corrected chi connectivity index (χ0v) is 12.8. The van der Waals surface area contributed by atoms with Crippen LogP contribution in [0.1, 0.15) is 18.4 Å². The molecule has 3 rings (SSSR count). The Morgan fingerprint density at radius 1 is 1.35 bits per heavy atom. The molecule has 1 saturated heterocycles. The molecule has 1 amide bonds. The van der Waals surface area contributed by atoms with Crippen molar-refractivity contribution >= 4 is 22.8 Å². The number of carbonyl (C=O) groups excluding carboxylic acids is 1. The van der Waals surface area contributed by atoms with Crippen LogP contribution in [0.3, 0.4) is 0 Å². The number of aliphatic carboxylic acids is 1. The summed E-state index contributed by atoms with van der Waals surface area (Å²) in [7, 11) is 0. The number of hydrogen-bond donors (Lipinski definition) is 2. The summed E-state index contributed by atoms with van der Waals surface area (Å²) in [6.45, 7) is 0.891. The van der Waals surface area contributed by atoms with Crippen molar-refractivity contribution < 1.29 is 19.4 Å². The fourth-order valence-corrected chi connectivity index (χ4v) is 2.95. The molecule has 122 valence electrons. The van der Waals surface area contributed by atoms with Gasteiger partial charge in [-0.3, -0.25) is 4.79 Å². The highest BCUT2D eigenvalue weighted by atomic mass is 16.5. The summed E-state index contributed by atoms with van der Waals surface area (Å²) in [6, 6.07) is 8.10. The van der Waals surface area contributed by atoms with Gasteiger partial charge in [0.25, 0.3) is 0 Å². The van der Waals surface area contributed by atoms with Gasteiger partial charge in [0, 0.05) is 30.1 Å². The number of rotatable bonds is 5. The number of hydrogen-bond acceptors (Lipinski definition) is 3. The highest BCUT2D eigenvalue weighted by Gasteiger charge is 2.28. The molecule has 2 aromatic rings. The van der Waals surface area contributed by atoms with Gasteiger partial charge in [-0.05, 0) is 24.5 Å². The summed E-state index contributed by atoms with van der Waals surface area (Å²) in [6.07, 6.45) is 3.08. The fraction of sp³-hybridized carbons (Fsp3) is 0.412. The lowest BCUT2D eigenvalue weighted by molar-refractivity contribution is -0.159. The molecule has 0 bridgehead atoms. The topological polar surface area (TPSA) is 82.6 Å². The van der Waals surface area contributed by atoms with Crippen molar-refractivity contribution in [2.75, 3.05) is 19.7 Å². The smallest absolute Gasteiger partial charge is 0.334 e. The molecule has 2 heterocycles. The zero-order chi connectivity index (χ0) is 16.2. The van der Waals surface area contributed by atoms with Crippen LogP contribution in [0.2, 0.25) is 0 Å². The SMILES string of the molecule is O=C(O)[C@@H]1CN(C(=O)CCCc2c[nH]c3ccccc23)CCO1. The second-order valence-electron chi connectivity index (χ2n) is 5.75. The Morgan fingerprint density at radius 3 is 3.00 bits per heavy atom. The molecule has 0 radical (unpaired) electrons. The first-order valence-corrected chi connectivity index (χ1v) is 7.82. The van der Waals surface area contributed by atoms with E-state index in [0.29, 0.717) is 13.0 Å². The van der Waals surface area contributed by atoms with Crippen molar-refractivity contribution in [3.8, 4) is 0 Å². The minimum absolute atomic E-state index is 0.000564. The number of aromatic amines is 1. The molecular weight excluding hydrogens is 296 g/mol. The predicted molar refractivity (Wildman–Crippen MR) is 85.2 cm³/mol. The van der Waals surface area contributed by atoms with Gasteiger partial charge in [-0.25, -0.2) is 4.79 Å². The first kappa shape index (κ1) is 15.6. The van der Waals surface area contributed by atoms with E-state index in [0.717, 1.165) is 18.4 Å². The summed E-state index contributed by atoms with van der Waals surface area (Å²) >= 11 is 0. The maximum absolute atomic E-state index is 12.2. The van der Waals surface area contributed by atoms with Crippen LogP contribution < -0.4 is 0 Å². The molecule has 6 heteroatoms. The van der Waals surface area contributed by atoms with Crippen molar-refractivity contribution in [2.24, 2.45) is 0 Å². The Kier molecular flexibility index (Phi) is 4.62. The second-order valence-corrected chi connectivity index (χ2v) is 5.75. The molecule has 0 unspecified atom stereocenters. The van der Waals surface area contributed by atoms with Crippen molar-refractivity contribution in [3.05, 3.63) is 36.0 Å². The number of carbonyl (C=O) groups is 2. The van der Waals surface area contributed by atoms with E-state index in [1.54, 1.807) is 4.90 Å². The van der Waals surface area contributed by atoms with Crippen LogP contribution in [0.5, 0.6) is 0 Å². The van der Waals surface area contributed by atoms with Gasteiger partial charge in [0.15, 0.2) is 6.10 Å². The normalized spacial score (nSPS) is 18.3. The van der Waals surface area contributed by atoms with E-state index in [1.807, 2.05) is 24.4 Å². The number of aryl methyl sites for hydroxylation is 1. The molecule has 0 aliphatic carbocycles. The van der Waals surface area contributed by atoms with Gasteiger partial charge in [-0.2, -0.15) is 0 Å². The van der Waals surface area contributed by atoms with Crippen molar-refractivity contribution in [2.45, 2.75) is 25.4 Å². The van der Waals surface area contributed by atoms with Crippen LogP contribution in [-0.4, -0.2) is 52.7 Å². The number of nitrogens with zero attached hydrogens (tertiary/aromatic N) is 1. The van der Waals surface area contributed by atoms with Gasteiger partial charge in [0.2, 0.25) is 5.91 Å². The molecule has 1 aromatic heterocycles. The van der Waals surface area contributed by atoms with Crippen molar-refractivity contribution in [3.63, 3.8) is 0 Å². The third kappa shape index (κ3) is 3.53. The number of ether oxygens (including phenoxy) is 1. The summed E-state index contributed by atoms with van der Waals surface area (Å²) < 4.78 is 5.13. The number of benzene rings is 1. The summed E-state index contributed by atoms with van der Waals surface area (Å²) in [5, 5.41) is 10.2. The molecule has 1 aliphatic rings. The van der Waals surface area contributed by atoms with Crippen LogP contribution in [0.25, 0.3) is 10.9 Å². The number of aromatic nitrogens is 1. The molecule has 1 atom stereocenters. The number of nitrogens with one attached hydrogen (secondary N) is 1. The molecule has 1 aromatic carbocycles. The number of para-hydroxylation sites is 1. The minimum Gasteiger partial charge on any atom is -0.479 e. The molecule has 2 N–H and O–H groups in total. The summed E-state index contributed by atoms with van der Waals surface area (Å²) in [4.78, 5) is 28.0. The second kappa shape index (κ2) is 6.83. The van der Waals surface area contributed by atoms with Gasteiger partial charge in [-0.15, -0.1) is 0 Å². The molecule has 0 spiro atoms. The summed E-state index contributed by atoms with van der Waals surface area (Å²) in [5.74, 6) is -1.01. The standard InChI is InChI=1S/C17H20N2O4/c20-16(19-8-9-23-15(11-19)17(21)22)7-3-4-12-10-18-14-6-2-1-5-13(12)14/h1-2,5-6,10,15,18H,3-4,7-9,11H2,(H,21,22)/t15-/m0/s1. The first-order chi connectivity index (χ1) is 11.1. The van der Waals surface area contributed by atoms with E-state index < -0.39 is 12.1 Å². The average Bonchev–Trinajstić information content (AvgIpc) is 2.98. The highest BCUT2D eigenvalue weighted by molar-refractivity contribution is 5.83. The largest absolute Gasteiger partial charge is 0.479 e. The number of carboxylic acid groups (broad SMARTS) is 1. The summed E-state index contributed by atoms with van der Waals surface area (Å²) in [5.41, 5.74) is 2.31. The average molecular weight is 316 g/mol. The predicted octanol–water partition coefficient (Wildman–Crippen LogP) is 1.80. The Morgan fingerprint density at radius 2 is 2.17 bits per heavy atom. The third-order valence-corrected chi connectivity index (χ3v) is 4.21. The van der Waals surface area contributed by atoms with E-state index >= 15 is 0 Å². The van der Waals surface area contributed by atoms with Gasteiger partial charge < -0.3 is 19.7 Å². The Bertz CT molecular complexity index is 709. The van der Waals surface area contributed by atoms with E-state index in [9.17, 15) is 9.59 Å². The first-order valence-electron chi connectivity index (χ1n) is 7.82. The van der Waals surface area contributed by atoms with Crippen molar-refractivity contribution in [1.29, 1.82) is 0 Å². The Balaban J connectivity index is 1.52. The van der Waals surface area contributed by atoms with Crippen LogP contribution in [0.4, 0.5) is 0 Å². The lowest BCUT2D eigenvalue weighted by atomic mass is 10.1. The van der Waals surface area contributed by atoms with Gasteiger partial charge >= 0.3 is 5.97 Å². The minimum atomic E-state index is -1.01. The molecule has 0 saturated carbocycles. The number of carboxylic acids is 1. The number of H-pyrrole nitrogens is 1. The number of morpholine rings is 1. The van der Waals surface area contributed by atoms with E-state index in [1.165, 1.54) is 10.9 Å². The lowest BCUT2D eigenvalue weighted by Crippen LogP contribution is -2.48. The lowest BCUT2D eigenvalue weighted by Gasteiger charge is -2.30. The van der Waals surface area contributed by atoms with Gasteiger partial charge in [-0.1, -0.05) is 18.2 Å². The van der Waals surface area contributed by atoms with Crippen LogP contribution >= 0.6 is 0 Å². The molecule has 1 aliphatic heterocycles. The van der Waals surface area contributed by atoms with E-state index in [2.05, 4.69) is 11.1 Å². The molecular formula is C17H20N2O4. The van der Waals surface area contributed by atoms with Crippen molar-refractivity contribution in [1.82, 2.24) is 9.88 Å². The van der Waals surface area contributed by atoms with Gasteiger partial charge in [0.05, 0.1) is 13.2 Å². The maximum atomic E-state index is 12.2. The maximum Gasteiger partial charge on any atom is 0.334 e. The molecule has 1 fully saturated rings. The fourth-order valence-electron chi connectivity index (χ4n) is 2.95. The number of amides is 1. The zero-order valence-electron chi connectivity index (χ0n) is 12.8. The number of fused-ring (bicyclic) bond motifs is 1.